The first-order valence-corrected chi connectivity index (χ1v) is 7.77. The number of hydrogen-bond donors (Lipinski definition) is 0. The molecule has 24 heavy (non-hydrogen) atoms. The number of rotatable bonds is 3. The van der Waals surface area contributed by atoms with Gasteiger partial charge in [-0.15, -0.1) is 0 Å². The number of pyridine rings is 1. The van der Waals surface area contributed by atoms with E-state index in [9.17, 15) is 9.18 Å². The Morgan fingerprint density at radius 3 is 2.58 bits per heavy atom. The molecule has 1 aromatic carbocycles. The van der Waals surface area contributed by atoms with Gasteiger partial charge in [-0.05, 0) is 42.2 Å². The van der Waals surface area contributed by atoms with Crippen LogP contribution in [0.5, 0.6) is 0 Å². The van der Waals surface area contributed by atoms with Crippen molar-refractivity contribution >= 4 is 5.65 Å². The summed E-state index contributed by atoms with van der Waals surface area (Å²) in [6, 6.07) is 11.6. The standard InChI is InChI=1S/C19H16FN3O/c1-3-12(2)18-17(14-6-4-13(10-21)5-7-14)19(24)23-11-15(20)8-9-16(23)22-18/h4-9,11-12H,3H2,1-2H3. The molecule has 4 nitrogen and oxygen atoms in total. The van der Waals surface area contributed by atoms with Crippen LogP contribution in [0.4, 0.5) is 4.39 Å². The zero-order valence-electron chi connectivity index (χ0n) is 13.5. The Balaban J connectivity index is 2.36. The van der Waals surface area contributed by atoms with Gasteiger partial charge in [0.05, 0.1) is 22.9 Å². The summed E-state index contributed by atoms with van der Waals surface area (Å²) in [6.07, 6.45) is 1.98. The van der Waals surface area contributed by atoms with E-state index in [4.69, 9.17) is 5.26 Å². The highest BCUT2D eigenvalue weighted by atomic mass is 19.1. The Labute approximate surface area is 138 Å². The Morgan fingerprint density at radius 1 is 1.25 bits per heavy atom. The van der Waals surface area contributed by atoms with Gasteiger partial charge in [0.2, 0.25) is 0 Å². The maximum Gasteiger partial charge on any atom is 0.266 e. The molecular formula is C19H16FN3O. The largest absolute Gasteiger partial charge is 0.268 e. The second-order valence-corrected chi connectivity index (χ2v) is 5.75. The van der Waals surface area contributed by atoms with Gasteiger partial charge >= 0.3 is 0 Å². The number of nitriles is 1. The van der Waals surface area contributed by atoms with E-state index in [1.165, 1.54) is 16.5 Å². The van der Waals surface area contributed by atoms with E-state index in [0.717, 1.165) is 12.6 Å². The summed E-state index contributed by atoms with van der Waals surface area (Å²) in [4.78, 5) is 17.6. The van der Waals surface area contributed by atoms with Crippen molar-refractivity contribution in [3.63, 3.8) is 0 Å². The molecule has 0 aliphatic carbocycles. The van der Waals surface area contributed by atoms with Gasteiger partial charge in [-0.3, -0.25) is 9.20 Å². The van der Waals surface area contributed by atoms with Crippen LogP contribution in [0.2, 0.25) is 0 Å². The number of halogens is 1. The summed E-state index contributed by atoms with van der Waals surface area (Å²) in [5, 5.41) is 8.94. The van der Waals surface area contributed by atoms with E-state index in [1.807, 2.05) is 13.8 Å². The lowest BCUT2D eigenvalue weighted by Crippen LogP contribution is -2.21. The molecule has 1 atom stereocenters. The van der Waals surface area contributed by atoms with Crippen molar-refractivity contribution in [3.8, 4) is 17.2 Å². The van der Waals surface area contributed by atoms with Gasteiger partial charge in [-0.25, -0.2) is 9.37 Å². The van der Waals surface area contributed by atoms with E-state index in [0.29, 0.717) is 28.0 Å². The summed E-state index contributed by atoms with van der Waals surface area (Å²) in [6.45, 7) is 4.04. The fourth-order valence-corrected chi connectivity index (χ4v) is 2.66. The fraction of sp³-hybridized carbons (Fsp3) is 0.211. The highest BCUT2D eigenvalue weighted by molar-refractivity contribution is 5.68. The summed E-state index contributed by atoms with van der Waals surface area (Å²) in [5.74, 6) is -0.410. The number of aromatic nitrogens is 2. The quantitative estimate of drug-likeness (QED) is 0.735. The minimum absolute atomic E-state index is 0.0818. The zero-order valence-corrected chi connectivity index (χ0v) is 13.5. The first-order chi connectivity index (χ1) is 11.5. The van der Waals surface area contributed by atoms with Crippen LogP contribution in [0.1, 0.15) is 37.4 Å². The maximum absolute atomic E-state index is 13.6. The molecule has 0 saturated carbocycles. The molecule has 1 unspecified atom stereocenters. The average molecular weight is 321 g/mol. The molecule has 0 spiro atoms. The molecule has 0 saturated heterocycles. The monoisotopic (exact) mass is 321 g/mol. The zero-order chi connectivity index (χ0) is 17.3. The normalized spacial score (nSPS) is 12.1. The SMILES string of the molecule is CCC(C)c1nc2ccc(F)cn2c(=O)c1-c1ccc(C#N)cc1. The van der Waals surface area contributed by atoms with Crippen LogP contribution >= 0.6 is 0 Å². The van der Waals surface area contributed by atoms with Gasteiger partial charge in [-0.2, -0.15) is 5.26 Å². The molecule has 0 N–H and O–H groups in total. The van der Waals surface area contributed by atoms with Crippen LogP contribution in [0.3, 0.4) is 0 Å². The fourth-order valence-electron chi connectivity index (χ4n) is 2.66. The molecule has 5 heteroatoms. The van der Waals surface area contributed by atoms with Gasteiger partial charge in [0.1, 0.15) is 11.5 Å². The van der Waals surface area contributed by atoms with Crippen LogP contribution in [0.25, 0.3) is 16.8 Å². The van der Waals surface area contributed by atoms with Gasteiger partial charge < -0.3 is 0 Å². The summed E-state index contributed by atoms with van der Waals surface area (Å²) in [5.41, 5.74) is 2.47. The molecule has 2 aromatic heterocycles. The third kappa shape index (κ3) is 2.67. The minimum atomic E-state index is -0.492. The molecule has 0 aliphatic heterocycles. The molecule has 2 heterocycles. The molecule has 0 fully saturated rings. The number of nitrogens with zero attached hydrogens (tertiary/aromatic N) is 3. The predicted octanol–water partition coefficient (Wildman–Crippen LogP) is 3.89. The van der Waals surface area contributed by atoms with Gasteiger partial charge in [0.15, 0.2) is 0 Å². The number of fused-ring (bicyclic) bond motifs is 1. The van der Waals surface area contributed by atoms with E-state index < -0.39 is 5.82 Å². The molecule has 0 amide bonds. The second kappa shape index (κ2) is 6.25. The van der Waals surface area contributed by atoms with E-state index >= 15 is 0 Å². The lowest BCUT2D eigenvalue weighted by atomic mass is 9.95. The molecule has 0 radical (unpaired) electrons. The smallest absolute Gasteiger partial charge is 0.266 e. The Morgan fingerprint density at radius 2 is 1.96 bits per heavy atom. The minimum Gasteiger partial charge on any atom is -0.268 e. The first kappa shape index (κ1) is 15.9. The maximum atomic E-state index is 13.6. The summed E-state index contributed by atoms with van der Waals surface area (Å²) in [7, 11) is 0. The average Bonchev–Trinajstić information content (AvgIpc) is 2.61. The highest BCUT2D eigenvalue weighted by Gasteiger charge is 2.19. The topological polar surface area (TPSA) is 58.2 Å². The van der Waals surface area contributed by atoms with Crippen LogP contribution < -0.4 is 5.56 Å². The summed E-state index contributed by atoms with van der Waals surface area (Å²) >= 11 is 0. The first-order valence-electron chi connectivity index (χ1n) is 7.77. The van der Waals surface area contributed by atoms with Crippen LogP contribution in [0.15, 0.2) is 47.4 Å². The summed E-state index contributed by atoms with van der Waals surface area (Å²) < 4.78 is 14.8. The van der Waals surface area contributed by atoms with Crippen molar-refractivity contribution in [1.29, 1.82) is 5.26 Å². The van der Waals surface area contributed by atoms with Crippen molar-refractivity contribution in [2.45, 2.75) is 26.2 Å². The molecule has 0 aliphatic rings. The Kier molecular flexibility index (Phi) is 4.13. The van der Waals surface area contributed by atoms with E-state index in [-0.39, 0.29) is 11.5 Å². The lowest BCUT2D eigenvalue weighted by molar-refractivity contribution is 0.616. The lowest BCUT2D eigenvalue weighted by Gasteiger charge is -2.15. The van der Waals surface area contributed by atoms with Gasteiger partial charge in [0, 0.05) is 6.20 Å². The molecule has 0 bridgehead atoms. The van der Waals surface area contributed by atoms with E-state index in [2.05, 4.69) is 11.1 Å². The van der Waals surface area contributed by atoms with Crippen molar-refractivity contribution < 1.29 is 4.39 Å². The number of hydrogen-bond acceptors (Lipinski definition) is 3. The molecule has 3 rings (SSSR count). The third-order valence-electron chi connectivity index (χ3n) is 4.20. The van der Waals surface area contributed by atoms with Crippen molar-refractivity contribution in [3.05, 3.63) is 70.0 Å². The van der Waals surface area contributed by atoms with Gasteiger partial charge in [0.25, 0.3) is 5.56 Å². The molecule has 3 aromatic rings. The predicted molar refractivity (Wildman–Crippen MR) is 90.3 cm³/mol. The highest BCUT2D eigenvalue weighted by Crippen LogP contribution is 2.27. The van der Waals surface area contributed by atoms with Crippen molar-refractivity contribution in [2.75, 3.05) is 0 Å². The number of benzene rings is 1. The van der Waals surface area contributed by atoms with Gasteiger partial charge in [-0.1, -0.05) is 26.0 Å². The van der Waals surface area contributed by atoms with Crippen molar-refractivity contribution in [1.82, 2.24) is 9.38 Å². The Hall–Kier alpha value is -3.00. The second-order valence-electron chi connectivity index (χ2n) is 5.75. The van der Waals surface area contributed by atoms with E-state index in [1.54, 1.807) is 24.3 Å². The van der Waals surface area contributed by atoms with Crippen LogP contribution in [-0.2, 0) is 0 Å². The van der Waals surface area contributed by atoms with Crippen LogP contribution in [0, 0.1) is 17.1 Å². The van der Waals surface area contributed by atoms with Crippen LogP contribution in [-0.4, -0.2) is 9.38 Å². The third-order valence-corrected chi connectivity index (χ3v) is 4.20. The Bertz CT molecular complexity index is 1000. The molecule has 120 valence electrons. The molecular weight excluding hydrogens is 305 g/mol. The van der Waals surface area contributed by atoms with Crippen molar-refractivity contribution in [2.24, 2.45) is 0 Å².